The van der Waals surface area contributed by atoms with Gasteiger partial charge in [0.05, 0.1) is 0 Å². The van der Waals surface area contributed by atoms with Crippen LogP contribution in [0.5, 0.6) is 0 Å². The molecule has 2 atom stereocenters. The number of aryl methyl sites for hydroxylation is 2. The second-order valence-electron chi connectivity index (χ2n) is 17.0. The molecule has 2 aliphatic rings. The van der Waals surface area contributed by atoms with E-state index in [4.69, 9.17) is 17.0 Å². The van der Waals surface area contributed by atoms with Crippen LogP contribution >= 0.6 is 17.0 Å². The van der Waals surface area contributed by atoms with E-state index in [2.05, 4.69) is 152 Å². The molecule has 0 bridgehead atoms. The van der Waals surface area contributed by atoms with Gasteiger partial charge in [-0.1, -0.05) is 0 Å². The van der Waals surface area contributed by atoms with Gasteiger partial charge in [-0.25, -0.2) is 0 Å². The molecule has 0 N–H and O–H groups in total. The molecule has 0 nitrogen and oxygen atoms in total. The summed E-state index contributed by atoms with van der Waals surface area (Å²) in [5, 5.41) is 0. The van der Waals surface area contributed by atoms with Gasteiger partial charge in [0.2, 0.25) is 0 Å². The molecule has 4 aromatic carbocycles. The topological polar surface area (TPSA) is 0 Å². The molecule has 275 valence electrons. The summed E-state index contributed by atoms with van der Waals surface area (Å²) < 4.78 is 0.201. The zero-order valence-electron chi connectivity index (χ0n) is 33.0. The Morgan fingerprint density at radius 3 is 1.31 bits per heavy atom. The van der Waals surface area contributed by atoms with Crippen molar-refractivity contribution in [2.75, 3.05) is 0 Å². The summed E-state index contributed by atoms with van der Waals surface area (Å²) in [5.41, 5.74) is 16.8. The van der Waals surface area contributed by atoms with E-state index in [0.717, 1.165) is 25.7 Å². The number of hydrogen-bond donors (Lipinski definition) is 0. The molecular weight excluding hydrogens is 767 g/mol. The van der Waals surface area contributed by atoms with Crippen molar-refractivity contribution in [3.63, 3.8) is 0 Å². The second kappa shape index (κ2) is 16.4. The third-order valence-electron chi connectivity index (χ3n) is 12.0. The van der Waals surface area contributed by atoms with Crippen LogP contribution in [0.2, 0.25) is 13.1 Å². The van der Waals surface area contributed by atoms with Gasteiger partial charge < -0.3 is 0 Å². The summed E-state index contributed by atoms with van der Waals surface area (Å²) in [5.74, 6) is -0.655. The Bertz CT molecular complexity index is 1830. The predicted octanol–water partition coefficient (Wildman–Crippen LogP) is 15.4. The number of halogens is 2. The number of benzene rings is 4. The molecule has 0 fully saturated rings. The summed E-state index contributed by atoms with van der Waals surface area (Å²) in [6.07, 6.45) is 14.1. The normalized spacial score (nSPS) is 17.7. The van der Waals surface area contributed by atoms with Gasteiger partial charge in [-0.2, -0.15) is 0 Å². The number of unbranched alkanes of at least 4 members (excludes halogenated alkanes) is 2. The quantitative estimate of drug-likeness (QED) is 0.105. The van der Waals surface area contributed by atoms with Crippen molar-refractivity contribution in [1.29, 1.82) is 0 Å². The van der Waals surface area contributed by atoms with Gasteiger partial charge in [-0.3, -0.25) is 0 Å². The maximum atomic E-state index is 8.91. The fourth-order valence-electron chi connectivity index (χ4n) is 9.57. The van der Waals surface area contributed by atoms with E-state index in [0.29, 0.717) is 11.8 Å². The van der Waals surface area contributed by atoms with Crippen LogP contribution in [0.1, 0.15) is 121 Å². The minimum atomic E-state index is -4.94. The van der Waals surface area contributed by atoms with Crippen LogP contribution in [-0.2, 0) is 28.4 Å². The Labute approximate surface area is 324 Å². The van der Waals surface area contributed by atoms with E-state index in [9.17, 15) is 0 Å². The monoisotopic (exact) mass is 825 g/mol. The SMILES string of the molecule is CCCCc1ccccc1-c1cccc2c1C=C(CC(C)C)[CH]2[Zr]([Cl])([Cl])([CH]1C(CC(C)C)=Cc2c(-c3ccccc3CCCC)cccc21)[SiH](C)C. The van der Waals surface area contributed by atoms with Gasteiger partial charge in [0, 0.05) is 0 Å². The molecule has 0 radical (unpaired) electrons. The number of rotatable bonds is 15. The third-order valence-corrected chi connectivity index (χ3v) is 63.9. The molecule has 0 aromatic heterocycles. The summed E-state index contributed by atoms with van der Waals surface area (Å²) in [4.78, 5) is 0. The first-order valence-electron chi connectivity index (χ1n) is 20.3. The Hall–Kier alpha value is -1.96. The standard InChI is InChI=1S/2C23H27.C2H7Si.2ClH.Zr/c2*1-4-5-9-19-10-6-7-12-21(19)22-13-8-11-20-15-18(14-17(2)3)16-23(20)22;1-3-2;;;/h2*6-8,10-13,15-17H,4-5,9,14H2,1-3H3;3H,1-2H3;2*1H;/q;;;;;+2/p-2. The van der Waals surface area contributed by atoms with Crippen molar-refractivity contribution >= 4 is 35.1 Å². The number of allylic oxidation sites excluding steroid dienone is 2. The molecule has 0 saturated heterocycles. The van der Waals surface area contributed by atoms with E-state index < -0.39 is 21.5 Å². The minimum absolute atomic E-state index is 0.101. The molecule has 0 heterocycles. The van der Waals surface area contributed by atoms with E-state index >= 15 is 0 Å². The molecule has 4 aromatic rings. The van der Waals surface area contributed by atoms with Crippen LogP contribution in [0, 0.1) is 11.8 Å². The van der Waals surface area contributed by atoms with Gasteiger partial charge in [0.1, 0.15) is 0 Å². The molecule has 0 saturated carbocycles. The molecule has 2 unspecified atom stereocenters. The van der Waals surface area contributed by atoms with Crippen LogP contribution in [0.4, 0.5) is 0 Å². The van der Waals surface area contributed by atoms with Crippen LogP contribution in [-0.4, -0.2) is 5.92 Å². The fraction of sp³-hybridized carbons (Fsp3) is 0.417. The average Bonchev–Trinajstić information content (AvgIpc) is 3.68. The Balaban J connectivity index is 1.59. The zero-order valence-corrected chi connectivity index (χ0v) is 38.2. The van der Waals surface area contributed by atoms with Gasteiger partial charge in [0.25, 0.3) is 0 Å². The van der Waals surface area contributed by atoms with Crippen LogP contribution < -0.4 is 0 Å². The average molecular weight is 828 g/mol. The van der Waals surface area contributed by atoms with Crippen molar-refractivity contribution in [2.24, 2.45) is 11.8 Å². The van der Waals surface area contributed by atoms with Crippen molar-refractivity contribution < 1.29 is 15.6 Å². The molecule has 0 aliphatic heterocycles. The molecule has 0 spiro atoms. The first kappa shape index (κ1) is 39.7. The maximum absolute atomic E-state index is 8.91. The fourth-order valence-corrected chi connectivity index (χ4v) is 40.9. The molecule has 0 amide bonds. The Morgan fingerprint density at radius 2 is 0.942 bits per heavy atom. The first-order valence-corrected chi connectivity index (χ1v) is 36.6. The third kappa shape index (κ3) is 7.38. The van der Waals surface area contributed by atoms with Gasteiger partial charge in [-0.15, -0.1) is 0 Å². The molecular formula is C48H61Cl2SiZr. The van der Waals surface area contributed by atoms with Gasteiger partial charge >= 0.3 is 327 Å². The van der Waals surface area contributed by atoms with Crippen molar-refractivity contribution in [1.82, 2.24) is 0 Å². The number of hydrogen-bond acceptors (Lipinski definition) is 0. The number of fused-ring (bicyclic) bond motifs is 2. The van der Waals surface area contributed by atoms with Gasteiger partial charge in [-0.05, 0) is 0 Å². The van der Waals surface area contributed by atoms with Crippen LogP contribution in [0.15, 0.2) is 96.1 Å². The Morgan fingerprint density at radius 1 is 0.558 bits per heavy atom. The van der Waals surface area contributed by atoms with Crippen molar-refractivity contribution in [2.45, 2.75) is 113 Å². The van der Waals surface area contributed by atoms with E-state index in [1.807, 2.05) is 0 Å². The molecule has 6 rings (SSSR count). The van der Waals surface area contributed by atoms with Crippen molar-refractivity contribution in [3.8, 4) is 22.3 Å². The summed E-state index contributed by atoms with van der Waals surface area (Å²) in [6, 6.07) is 32.3. The van der Waals surface area contributed by atoms with Gasteiger partial charge in [0.15, 0.2) is 0 Å². The summed E-state index contributed by atoms with van der Waals surface area (Å²) in [6.45, 7) is 19.0. The van der Waals surface area contributed by atoms with Crippen LogP contribution in [0.3, 0.4) is 0 Å². The van der Waals surface area contributed by atoms with E-state index in [-0.39, 0.29) is 7.25 Å². The second-order valence-corrected chi connectivity index (χ2v) is 59.5. The summed E-state index contributed by atoms with van der Waals surface area (Å²) >= 11 is -4.94. The molecule has 52 heavy (non-hydrogen) atoms. The predicted molar refractivity (Wildman–Crippen MR) is 232 cm³/mol. The Kier molecular flexibility index (Phi) is 12.5. The summed E-state index contributed by atoms with van der Waals surface area (Å²) in [7, 11) is 17.8. The van der Waals surface area contributed by atoms with E-state index in [1.165, 1.54) is 92.5 Å². The van der Waals surface area contributed by atoms with Crippen LogP contribution in [0.25, 0.3) is 34.4 Å². The molecule has 2 aliphatic carbocycles. The molecule has 4 heteroatoms. The van der Waals surface area contributed by atoms with E-state index in [1.54, 1.807) is 0 Å². The zero-order chi connectivity index (χ0) is 37.2. The van der Waals surface area contributed by atoms with Crippen molar-refractivity contribution in [3.05, 3.63) is 129 Å². The first-order chi connectivity index (χ1) is 24.9.